The zero-order valence-electron chi connectivity index (χ0n) is 16.1. The minimum atomic E-state index is -0.265. The molecule has 1 amide bonds. The van der Waals surface area contributed by atoms with Gasteiger partial charge in [0.25, 0.3) is 5.91 Å². The highest BCUT2D eigenvalue weighted by Gasteiger charge is 2.11. The monoisotopic (exact) mass is 396 g/mol. The van der Waals surface area contributed by atoms with Gasteiger partial charge in [0.2, 0.25) is 5.95 Å². The number of ether oxygens (including phenoxy) is 1. The SMILES string of the molecule is COc1cc(Cl)c(C)cc1Nc1ncc(C(=O)Nc2ccc(C)cc2C)cn1. The van der Waals surface area contributed by atoms with Crippen molar-refractivity contribution in [2.45, 2.75) is 20.8 Å². The first-order valence-electron chi connectivity index (χ1n) is 8.69. The van der Waals surface area contributed by atoms with Crippen LogP contribution in [0.4, 0.5) is 17.3 Å². The number of rotatable bonds is 5. The van der Waals surface area contributed by atoms with Crippen molar-refractivity contribution in [2.75, 3.05) is 17.7 Å². The van der Waals surface area contributed by atoms with E-state index in [0.717, 1.165) is 22.4 Å². The number of benzene rings is 2. The van der Waals surface area contributed by atoms with E-state index in [4.69, 9.17) is 16.3 Å². The van der Waals surface area contributed by atoms with Crippen LogP contribution in [0.5, 0.6) is 5.75 Å². The summed E-state index contributed by atoms with van der Waals surface area (Å²) in [6.07, 6.45) is 2.95. The molecule has 28 heavy (non-hydrogen) atoms. The smallest absolute Gasteiger partial charge is 0.258 e. The van der Waals surface area contributed by atoms with E-state index in [1.165, 1.54) is 12.4 Å². The lowest BCUT2D eigenvalue weighted by Gasteiger charge is -2.12. The van der Waals surface area contributed by atoms with Crippen LogP contribution in [0.2, 0.25) is 5.02 Å². The Morgan fingerprint density at radius 2 is 1.71 bits per heavy atom. The van der Waals surface area contributed by atoms with Gasteiger partial charge in [0.05, 0.1) is 18.4 Å². The lowest BCUT2D eigenvalue weighted by molar-refractivity contribution is 0.102. The summed E-state index contributed by atoms with van der Waals surface area (Å²) < 4.78 is 5.33. The van der Waals surface area contributed by atoms with Crippen molar-refractivity contribution < 1.29 is 9.53 Å². The van der Waals surface area contributed by atoms with Gasteiger partial charge in [-0.2, -0.15) is 0 Å². The van der Waals surface area contributed by atoms with Crippen LogP contribution in [0.15, 0.2) is 42.7 Å². The number of halogens is 1. The van der Waals surface area contributed by atoms with E-state index in [2.05, 4.69) is 20.6 Å². The summed E-state index contributed by atoms with van der Waals surface area (Å²) in [5, 5.41) is 6.58. The third-order valence-corrected chi connectivity index (χ3v) is 4.68. The first-order chi connectivity index (χ1) is 13.4. The summed E-state index contributed by atoms with van der Waals surface area (Å²) in [4.78, 5) is 20.9. The third kappa shape index (κ3) is 4.40. The summed E-state index contributed by atoms with van der Waals surface area (Å²) in [6.45, 7) is 5.86. The second-order valence-electron chi connectivity index (χ2n) is 6.49. The van der Waals surface area contributed by atoms with Crippen LogP contribution in [-0.4, -0.2) is 23.0 Å². The van der Waals surface area contributed by atoms with Gasteiger partial charge >= 0.3 is 0 Å². The molecule has 0 atom stereocenters. The van der Waals surface area contributed by atoms with E-state index in [1.54, 1.807) is 13.2 Å². The average Bonchev–Trinajstić information content (AvgIpc) is 2.67. The quantitative estimate of drug-likeness (QED) is 0.630. The highest BCUT2D eigenvalue weighted by atomic mass is 35.5. The van der Waals surface area contributed by atoms with Gasteiger partial charge < -0.3 is 15.4 Å². The van der Waals surface area contributed by atoms with Crippen molar-refractivity contribution in [1.82, 2.24) is 9.97 Å². The first-order valence-corrected chi connectivity index (χ1v) is 9.07. The average molecular weight is 397 g/mol. The Morgan fingerprint density at radius 3 is 2.36 bits per heavy atom. The molecular formula is C21H21ClN4O2. The number of hydrogen-bond donors (Lipinski definition) is 2. The fourth-order valence-corrected chi connectivity index (χ4v) is 2.86. The first kappa shape index (κ1) is 19.6. The van der Waals surface area contributed by atoms with E-state index < -0.39 is 0 Å². The van der Waals surface area contributed by atoms with E-state index in [1.807, 2.05) is 45.0 Å². The molecule has 7 heteroatoms. The molecule has 0 aliphatic rings. The molecule has 0 aliphatic carbocycles. The molecule has 144 valence electrons. The number of carbonyl (C=O) groups excluding carboxylic acids is 1. The molecule has 3 aromatic rings. The molecule has 0 unspecified atom stereocenters. The number of hydrogen-bond acceptors (Lipinski definition) is 5. The zero-order valence-corrected chi connectivity index (χ0v) is 16.9. The highest BCUT2D eigenvalue weighted by molar-refractivity contribution is 6.31. The maximum Gasteiger partial charge on any atom is 0.258 e. The molecule has 0 fully saturated rings. The predicted molar refractivity (Wildman–Crippen MR) is 112 cm³/mol. The summed E-state index contributed by atoms with van der Waals surface area (Å²) >= 11 is 6.13. The molecular weight excluding hydrogens is 376 g/mol. The van der Waals surface area contributed by atoms with Gasteiger partial charge in [0, 0.05) is 29.2 Å². The molecule has 0 saturated carbocycles. The van der Waals surface area contributed by atoms with Crippen molar-refractivity contribution >= 4 is 34.8 Å². The fourth-order valence-electron chi connectivity index (χ4n) is 2.71. The number of anilines is 3. The lowest BCUT2D eigenvalue weighted by Crippen LogP contribution is -2.14. The third-order valence-electron chi connectivity index (χ3n) is 4.27. The Hall–Kier alpha value is -3.12. The van der Waals surface area contributed by atoms with Crippen LogP contribution in [0.25, 0.3) is 0 Å². The largest absolute Gasteiger partial charge is 0.495 e. The molecule has 0 radical (unpaired) electrons. The molecule has 2 N–H and O–H groups in total. The number of nitrogens with one attached hydrogen (secondary N) is 2. The number of nitrogens with zero attached hydrogens (tertiary/aromatic N) is 2. The topological polar surface area (TPSA) is 76.1 Å². The maximum absolute atomic E-state index is 12.5. The van der Waals surface area contributed by atoms with Crippen molar-refractivity contribution in [3.05, 3.63) is 70.0 Å². The molecule has 0 bridgehead atoms. The summed E-state index contributed by atoms with van der Waals surface area (Å²) in [7, 11) is 1.56. The van der Waals surface area contributed by atoms with Gasteiger partial charge in [-0.1, -0.05) is 29.3 Å². The lowest BCUT2D eigenvalue weighted by atomic mass is 10.1. The van der Waals surface area contributed by atoms with Crippen molar-refractivity contribution in [1.29, 1.82) is 0 Å². The number of methoxy groups -OCH3 is 1. The number of aromatic nitrogens is 2. The van der Waals surface area contributed by atoms with E-state index in [-0.39, 0.29) is 5.91 Å². The second kappa shape index (κ2) is 8.27. The van der Waals surface area contributed by atoms with Crippen LogP contribution >= 0.6 is 11.6 Å². The zero-order chi connectivity index (χ0) is 20.3. The molecule has 0 spiro atoms. The van der Waals surface area contributed by atoms with Crippen LogP contribution in [-0.2, 0) is 0 Å². The van der Waals surface area contributed by atoms with Gasteiger partial charge in [0.15, 0.2) is 0 Å². The van der Waals surface area contributed by atoms with E-state index in [9.17, 15) is 4.79 Å². The Balaban J connectivity index is 1.75. The molecule has 2 aromatic carbocycles. The van der Waals surface area contributed by atoms with Crippen molar-refractivity contribution in [2.24, 2.45) is 0 Å². The minimum absolute atomic E-state index is 0.265. The van der Waals surface area contributed by atoms with Crippen LogP contribution in [0.1, 0.15) is 27.0 Å². The predicted octanol–water partition coefficient (Wildman–Crippen LogP) is 5.06. The van der Waals surface area contributed by atoms with Gasteiger partial charge in [0.1, 0.15) is 5.75 Å². The van der Waals surface area contributed by atoms with Gasteiger partial charge in [-0.3, -0.25) is 4.79 Å². The van der Waals surface area contributed by atoms with Gasteiger partial charge in [-0.15, -0.1) is 0 Å². The molecule has 3 rings (SSSR count). The number of aryl methyl sites for hydroxylation is 3. The van der Waals surface area contributed by atoms with Gasteiger partial charge in [-0.05, 0) is 44.0 Å². The summed E-state index contributed by atoms with van der Waals surface area (Å²) in [6, 6.07) is 9.43. The standard InChI is InChI=1S/C21H21ClN4O2/c1-12-5-6-17(14(3)7-12)25-20(27)15-10-23-21(24-11-15)26-18-8-13(2)16(22)9-19(18)28-4/h5-11H,1-4H3,(H,25,27)(H,23,24,26). The normalized spacial score (nSPS) is 10.5. The van der Waals surface area contributed by atoms with Crippen molar-refractivity contribution in [3.8, 4) is 5.75 Å². The van der Waals surface area contributed by atoms with E-state index >= 15 is 0 Å². The fraction of sp³-hybridized carbons (Fsp3) is 0.190. The Labute approximate surface area is 168 Å². The highest BCUT2D eigenvalue weighted by Crippen LogP contribution is 2.32. The van der Waals surface area contributed by atoms with Crippen LogP contribution in [0, 0.1) is 20.8 Å². The van der Waals surface area contributed by atoms with Crippen LogP contribution < -0.4 is 15.4 Å². The maximum atomic E-state index is 12.5. The van der Waals surface area contributed by atoms with Gasteiger partial charge in [-0.25, -0.2) is 9.97 Å². The van der Waals surface area contributed by atoms with E-state index in [0.29, 0.717) is 28.0 Å². The summed E-state index contributed by atoms with van der Waals surface area (Å²) in [5.74, 6) is 0.664. The number of amides is 1. The molecule has 0 saturated heterocycles. The summed E-state index contributed by atoms with van der Waals surface area (Å²) in [5.41, 5.74) is 4.86. The van der Waals surface area contributed by atoms with Crippen LogP contribution in [0.3, 0.4) is 0 Å². The second-order valence-corrected chi connectivity index (χ2v) is 6.90. The Bertz CT molecular complexity index is 1020. The molecule has 0 aliphatic heterocycles. The van der Waals surface area contributed by atoms with Crippen molar-refractivity contribution in [3.63, 3.8) is 0 Å². The molecule has 1 heterocycles. The molecule has 1 aromatic heterocycles. The Kier molecular flexibility index (Phi) is 5.80. The number of carbonyl (C=O) groups is 1. The minimum Gasteiger partial charge on any atom is -0.495 e. The molecule has 6 nitrogen and oxygen atoms in total. The Morgan fingerprint density at radius 1 is 1.00 bits per heavy atom.